The molecule has 0 saturated carbocycles. The minimum absolute atomic E-state index is 0.0187. The average Bonchev–Trinajstić information content (AvgIpc) is 3.20. The smallest absolute Gasteiger partial charge is 0.345 e. The number of nitrogens with zero attached hydrogens (tertiary/aromatic N) is 1. The molecule has 2 aromatic heterocycles. The maximum atomic E-state index is 12.5. The molecule has 3 unspecified atom stereocenters. The van der Waals surface area contributed by atoms with Gasteiger partial charge in [0.05, 0.1) is 18.0 Å². The Morgan fingerprint density at radius 3 is 2.25 bits per heavy atom. The number of aromatic amines is 2. The number of carboxylic acid groups (broad SMARTS) is 2. The number of H-pyrrole nitrogens is 2. The number of hydrogen-bond acceptors (Lipinski definition) is 5. The van der Waals surface area contributed by atoms with Crippen molar-refractivity contribution in [2.45, 2.75) is 104 Å². The number of carbonyl (C=O) groups excluding carboxylic acids is 1. The Bertz CT molecular complexity index is 1650. The maximum Gasteiger partial charge on any atom is 0.345 e. The number of aromatic nitrogens is 2. The Balaban J connectivity index is 1.59. The standard InChI is InChI=1S/C33H44N4O6S/c1-7-20-16(3)25(36-32(20)42)13-24-17(4)22(9-11-30(38)39)27(34-24)14-28-23(10-12-31(40)41)18(5)26(35-28)15-29-21(8-2)19(6)33(43)37(29)44-33/h14-15,19,21,25,29,34-35,43H,7-13H2,1-6H3,(H,36,42)(H,38,39)(H,40,41)/p+1/b26-15+,28-14-/t19-,21-,25?,29?,33+,37?/m1/s1. The zero-order valence-corrected chi connectivity index (χ0v) is 27.3. The summed E-state index contributed by atoms with van der Waals surface area (Å²) >= 11 is 0.929. The van der Waals surface area contributed by atoms with Crippen molar-refractivity contribution in [1.29, 1.82) is 0 Å². The number of nitrogens with one attached hydrogen (secondary N) is 3. The first kappa shape index (κ1) is 32.1. The van der Waals surface area contributed by atoms with Gasteiger partial charge in [-0.25, -0.2) is 0 Å². The van der Waals surface area contributed by atoms with Crippen LogP contribution in [-0.4, -0.2) is 64.6 Å². The molecule has 2 fully saturated rings. The van der Waals surface area contributed by atoms with Crippen LogP contribution in [0, 0.1) is 25.7 Å². The van der Waals surface area contributed by atoms with E-state index in [1.165, 1.54) is 0 Å². The predicted molar refractivity (Wildman–Crippen MR) is 171 cm³/mol. The van der Waals surface area contributed by atoms with Gasteiger partial charge in [0.15, 0.2) is 0 Å². The third kappa shape index (κ3) is 5.77. The van der Waals surface area contributed by atoms with Crippen molar-refractivity contribution in [2.75, 3.05) is 0 Å². The average molecular weight is 626 g/mol. The topological polar surface area (TPSA) is 159 Å². The monoisotopic (exact) mass is 625 g/mol. The highest BCUT2D eigenvalue weighted by molar-refractivity contribution is 7.84. The number of aliphatic hydroxyl groups is 1. The van der Waals surface area contributed by atoms with Gasteiger partial charge in [0.1, 0.15) is 11.9 Å². The highest BCUT2D eigenvalue weighted by Crippen LogP contribution is 2.55. The number of hydrogen-bond donors (Lipinski definition) is 6. The molecule has 11 heteroatoms. The van der Waals surface area contributed by atoms with E-state index in [1.807, 2.05) is 33.8 Å². The van der Waals surface area contributed by atoms with Crippen molar-refractivity contribution in [2.24, 2.45) is 11.8 Å². The van der Waals surface area contributed by atoms with Crippen LogP contribution in [0.15, 0.2) is 11.1 Å². The number of carbonyl (C=O) groups is 3. The lowest BCUT2D eigenvalue weighted by Gasteiger charge is -2.18. The molecule has 0 aliphatic carbocycles. The SMILES string of the molecule is CCC1=C(C)C(Cc2[nH]c(/C=c3\[nH]/c(=C/C4[C@H](CC)[C@@H](C)[C@]5(O)[SH+]N45)c(C)c3CCC(=O)O)c(CCC(=O)O)c2C)NC1=O. The van der Waals surface area contributed by atoms with Gasteiger partial charge in [0, 0.05) is 46.9 Å². The molecule has 2 aromatic rings. The van der Waals surface area contributed by atoms with E-state index in [-0.39, 0.29) is 36.8 Å². The molecule has 0 bridgehead atoms. The Morgan fingerprint density at radius 1 is 1.00 bits per heavy atom. The summed E-state index contributed by atoms with van der Waals surface area (Å²) in [7, 11) is 0. The second kappa shape index (κ2) is 12.3. The largest absolute Gasteiger partial charge is 0.481 e. The van der Waals surface area contributed by atoms with Crippen LogP contribution in [0.3, 0.4) is 0 Å². The molecule has 0 radical (unpaired) electrons. The number of thiol groups is 1. The van der Waals surface area contributed by atoms with Crippen molar-refractivity contribution < 1.29 is 29.7 Å². The summed E-state index contributed by atoms with van der Waals surface area (Å²) in [6.45, 7) is 12.2. The van der Waals surface area contributed by atoms with Crippen LogP contribution < -0.4 is 16.0 Å². The molecule has 5 rings (SSSR count). The van der Waals surface area contributed by atoms with E-state index < -0.39 is 17.0 Å². The molecule has 5 heterocycles. The molecule has 1 amide bonds. The van der Waals surface area contributed by atoms with E-state index in [4.69, 9.17) is 0 Å². The minimum Gasteiger partial charge on any atom is -0.481 e. The Hall–Kier alpha value is -3.28. The first-order chi connectivity index (χ1) is 20.8. The number of rotatable bonds is 12. The fourth-order valence-electron chi connectivity index (χ4n) is 7.30. The number of aliphatic carboxylic acids is 2. The van der Waals surface area contributed by atoms with Crippen LogP contribution in [0.25, 0.3) is 12.2 Å². The molecular formula is C33H45N4O6S+. The van der Waals surface area contributed by atoms with E-state index in [0.29, 0.717) is 31.6 Å². The zero-order chi connectivity index (χ0) is 32.1. The number of fused-ring (bicyclic) bond motifs is 1. The highest BCUT2D eigenvalue weighted by atomic mass is 32.2. The van der Waals surface area contributed by atoms with E-state index in [0.717, 1.165) is 73.9 Å². The van der Waals surface area contributed by atoms with Crippen LogP contribution in [-0.2, 0) is 45.6 Å². The van der Waals surface area contributed by atoms with Gasteiger partial charge in [0.25, 0.3) is 0 Å². The van der Waals surface area contributed by atoms with Crippen LogP contribution in [0.1, 0.15) is 87.0 Å². The molecule has 0 aromatic carbocycles. The summed E-state index contributed by atoms with van der Waals surface area (Å²) in [5.41, 5.74) is 7.32. The fourth-order valence-corrected chi connectivity index (χ4v) is 8.63. The van der Waals surface area contributed by atoms with Gasteiger partial charge in [-0.05, 0) is 90.2 Å². The molecule has 3 aliphatic heterocycles. The highest BCUT2D eigenvalue weighted by Gasteiger charge is 2.78. The van der Waals surface area contributed by atoms with Crippen molar-refractivity contribution in [3.63, 3.8) is 0 Å². The van der Waals surface area contributed by atoms with Crippen LogP contribution in [0.5, 0.6) is 0 Å². The Kier molecular flexibility index (Phi) is 8.94. The first-order valence-electron chi connectivity index (χ1n) is 15.6. The van der Waals surface area contributed by atoms with E-state index in [1.54, 1.807) is 0 Å². The Morgan fingerprint density at radius 2 is 1.66 bits per heavy atom. The molecular weight excluding hydrogens is 580 g/mol. The van der Waals surface area contributed by atoms with Crippen molar-refractivity contribution in [1.82, 2.24) is 19.6 Å². The molecule has 10 nitrogen and oxygen atoms in total. The van der Waals surface area contributed by atoms with Gasteiger partial charge < -0.3 is 30.6 Å². The third-order valence-electron chi connectivity index (χ3n) is 10.1. The van der Waals surface area contributed by atoms with Gasteiger partial charge in [-0.1, -0.05) is 27.2 Å². The summed E-state index contributed by atoms with van der Waals surface area (Å²) in [5.74, 6) is -1.34. The van der Waals surface area contributed by atoms with Gasteiger partial charge >= 0.3 is 17.0 Å². The van der Waals surface area contributed by atoms with Crippen molar-refractivity contribution >= 4 is 41.9 Å². The minimum atomic E-state index is -0.882. The first-order valence-corrected chi connectivity index (χ1v) is 16.4. The summed E-state index contributed by atoms with van der Waals surface area (Å²) in [6, 6.07) is -0.0682. The van der Waals surface area contributed by atoms with E-state index in [2.05, 4.69) is 39.5 Å². The zero-order valence-electron chi connectivity index (χ0n) is 26.4. The number of carboxylic acids is 2. The Labute approximate surface area is 261 Å². The van der Waals surface area contributed by atoms with Crippen LogP contribution in [0.4, 0.5) is 0 Å². The van der Waals surface area contributed by atoms with E-state index in [9.17, 15) is 29.7 Å². The normalized spacial score (nSPS) is 28.6. The van der Waals surface area contributed by atoms with Gasteiger partial charge in [0.2, 0.25) is 5.91 Å². The summed E-state index contributed by atoms with van der Waals surface area (Å²) < 4.78 is 2.11. The lowest BCUT2D eigenvalue weighted by Crippen LogP contribution is -2.30. The summed E-state index contributed by atoms with van der Waals surface area (Å²) in [5, 5.41) is 34.0. The quantitative estimate of drug-likeness (QED) is 0.120. The molecule has 44 heavy (non-hydrogen) atoms. The molecule has 6 N–H and O–H groups in total. The van der Waals surface area contributed by atoms with Gasteiger partial charge in [-0.2, -0.15) is 0 Å². The lowest BCUT2D eigenvalue weighted by atomic mass is 9.88. The molecule has 0 spiro atoms. The van der Waals surface area contributed by atoms with Crippen molar-refractivity contribution in [3.8, 4) is 0 Å². The molecule has 3 aliphatic rings. The van der Waals surface area contributed by atoms with Crippen LogP contribution in [0.2, 0.25) is 0 Å². The second-order valence-corrected chi connectivity index (χ2v) is 13.8. The van der Waals surface area contributed by atoms with Gasteiger partial charge in [-0.3, -0.25) is 14.4 Å². The van der Waals surface area contributed by atoms with Crippen molar-refractivity contribution in [3.05, 3.63) is 55.5 Å². The summed E-state index contributed by atoms with van der Waals surface area (Å²) in [4.78, 5) is 42.7. The maximum absolute atomic E-state index is 12.5. The summed E-state index contributed by atoms with van der Waals surface area (Å²) in [6.07, 6.45) is 6.96. The predicted octanol–water partition coefficient (Wildman–Crippen LogP) is 2.11. The molecule has 238 valence electrons. The van der Waals surface area contributed by atoms with E-state index >= 15 is 0 Å². The molecule has 6 atom stereocenters. The van der Waals surface area contributed by atoms with Crippen LogP contribution >= 0.6 is 0 Å². The second-order valence-electron chi connectivity index (χ2n) is 12.5. The number of amides is 1. The third-order valence-corrected chi connectivity index (χ3v) is 11.6. The van der Waals surface area contributed by atoms with Gasteiger partial charge in [-0.15, -0.1) is 0 Å². The lowest BCUT2D eigenvalue weighted by molar-refractivity contribution is -0.138. The molecule has 2 saturated heterocycles. The fraction of sp³-hybridized carbons (Fsp3) is 0.545.